The second kappa shape index (κ2) is 11.7. The van der Waals surface area contributed by atoms with Crippen molar-refractivity contribution >= 4 is 23.2 Å². The number of nitrogens with one attached hydrogen (secondary N) is 2. The number of hydrogen-bond donors (Lipinski definition) is 2. The normalized spacial score (nSPS) is 20.1. The quantitative estimate of drug-likeness (QED) is 0.435. The summed E-state index contributed by atoms with van der Waals surface area (Å²) in [5.74, 6) is -1.34. The number of anilines is 3. The number of H-pyrrole nitrogens is 1. The molecule has 2 aromatic heterocycles. The van der Waals surface area contributed by atoms with Gasteiger partial charge in [0.05, 0.1) is 41.4 Å². The summed E-state index contributed by atoms with van der Waals surface area (Å²) in [6.45, 7) is 7.12. The molecule has 10 nitrogen and oxygen atoms in total. The minimum Gasteiger partial charge on any atom is -0.378 e. The van der Waals surface area contributed by atoms with E-state index < -0.39 is 34.6 Å². The highest BCUT2D eigenvalue weighted by atomic mass is 19.4. The number of ether oxygens (including phenoxy) is 1. The van der Waals surface area contributed by atoms with Gasteiger partial charge in [-0.1, -0.05) is 0 Å². The number of benzene rings is 1. The molecule has 5 rings (SSSR count). The highest BCUT2D eigenvalue weighted by Crippen LogP contribution is 2.37. The minimum atomic E-state index is -4.95. The Kier molecular flexibility index (Phi) is 8.19. The van der Waals surface area contributed by atoms with Gasteiger partial charge >= 0.3 is 6.18 Å². The third-order valence-corrected chi connectivity index (χ3v) is 7.72. The molecule has 2 fully saturated rings. The molecule has 14 heteroatoms. The summed E-state index contributed by atoms with van der Waals surface area (Å²) in [5.41, 5.74) is -2.44. The smallest absolute Gasteiger partial charge is 0.378 e. The zero-order valence-corrected chi connectivity index (χ0v) is 23.3. The van der Waals surface area contributed by atoms with E-state index in [1.54, 1.807) is 0 Å². The molecule has 3 aromatic rings. The Morgan fingerprint density at radius 1 is 1.10 bits per heavy atom. The van der Waals surface area contributed by atoms with E-state index in [0.29, 0.717) is 57.1 Å². The van der Waals surface area contributed by atoms with Gasteiger partial charge in [-0.2, -0.15) is 13.2 Å². The molecule has 2 aliphatic rings. The van der Waals surface area contributed by atoms with Gasteiger partial charge in [0.1, 0.15) is 5.82 Å². The molecule has 0 bridgehead atoms. The molecular formula is C28H31F4N7O3. The standard InChI is InChI=1S/C28H31F4N7O3/c1-16-14-39(15-17(2)37(16)3)24-12-21(29)18(22-4-5-33-27(36-22)38-6-8-42-9-7-38)10-23(24)35-26(41)19-13-34-25(40)11-20(19)28(30,31)32/h4-5,10-13,16-17H,6-9,14-15H2,1-3H3,(H,34,40)(H,35,41)/t16-,17?/m0/s1. The van der Waals surface area contributed by atoms with E-state index in [1.165, 1.54) is 24.4 Å². The molecule has 2 aliphatic heterocycles. The fourth-order valence-electron chi connectivity index (χ4n) is 5.22. The number of alkyl halides is 3. The molecule has 2 atom stereocenters. The van der Waals surface area contributed by atoms with Crippen molar-refractivity contribution in [2.75, 3.05) is 61.6 Å². The van der Waals surface area contributed by atoms with E-state index in [1.807, 2.05) is 30.7 Å². The predicted molar refractivity (Wildman–Crippen MR) is 149 cm³/mol. The summed E-state index contributed by atoms with van der Waals surface area (Å²) in [7, 11) is 1.98. The Labute approximate surface area is 239 Å². The maximum atomic E-state index is 15.8. The topological polar surface area (TPSA) is 107 Å². The Morgan fingerprint density at radius 3 is 2.45 bits per heavy atom. The zero-order chi connectivity index (χ0) is 30.2. The lowest BCUT2D eigenvalue weighted by Gasteiger charge is -2.44. The Hall–Kier alpha value is -4.04. The number of carbonyl (C=O) groups is 1. The first-order valence-corrected chi connectivity index (χ1v) is 13.5. The average molecular weight is 590 g/mol. The highest BCUT2D eigenvalue weighted by molar-refractivity contribution is 6.07. The second-order valence-corrected chi connectivity index (χ2v) is 10.5. The molecule has 1 unspecified atom stereocenters. The van der Waals surface area contributed by atoms with Crippen molar-refractivity contribution in [2.45, 2.75) is 32.1 Å². The number of hydrogen-bond acceptors (Lipinski definition) is 8. The van der Waals surface area contributed by atoms with Crippen LogP contribution >= 0.6 is 0 Å². The SMILES string of the molecule is CC1CN(c2cc(F)c(-c3ccnc(N4CCOCC4)n3)cc2NC(=O)c2c[nH]c(=O)cc2C(F)(F)F)C[C@H](C)N1C. The van der Waals surface area contributed by atoms with Crippen LogP contribution in [-0.2, 0) is 10.9 Å². The number of pyridine rings is 1. The van der Waals surface area contributed by atoms with Crippen LogP contribution in [0, 0.1) is 5.82 Å². The molecule has 4 heterocycles. The summed E-state index contributed by atoms with van der Waals surface area (Å²) in [6, 6.07) is 4.66. The number of aromatic amines is 1. The number of rotatable bonds is 5. The van der Waals surface area contributed by atoms with Crippen molar-refractivity contribution in [3.05, 3.63) is 64.0 Å². The summed E-state index contributed by atoms with van der Waals surface area (Å²) >= 11 is 0. The van der Waals surface area contributed by atoms with E-state index in [-0.39, 0.29) is 29.0 Å². The van der Waals surface area contributed by atoms with Gasteiger partial charge in [0.25, 0.3) is 5.91 Å². The van der Waals surface area contributed by atoms with Crippen molar-refractivity contribution < 1.29 is 27.1 Å². The van der Waals surface area contributed by atoms with E-state index in [0.717, 1.165) is 6.20 Å². The van der Waals surface area contributed by atoms with Gasteiger partial charge in [-0.15, -0.1) is 0 Å². The highest BCUT2D eigenvalue weighted by Gasteiger charge is 2.36. The van der Waals surface area contributed by atoms with Gasteiger partial charge < -0.3 is 24.8 Å². The Morgan fingerprint density at radius 2 is 1.79 bits per heavy atom. The van der Waals surface area contributed by atoms with Crippen LogP contribution in [0.15, 0.2) is 41.5 Å². The Bertz CT molecular complexity index is 1510. The van der Waals surface area contributed by atoms with E-state index >= 15 is 4.39 Å². The lowest BCUT2D eigenvalue weighted by atomic mass is 10.0. The fraction of sp³-hybridized carbons (Fsp3) is 0.429. The molecule has 1 aromatic carbocycles. The van der Waals surface area contributed by atoms with Crippen molar-refractivity contribution in [2.24, 2.45) is 0 Å². The van der Waals surface area contributed by atoms with Gasteiger partial charge in [-0.3, -0.25) is 14.5 Å². The molecule has 224 valence electrons. The molecule has 0 radical (unpaired) electrons. The fourth-order valence-corrected chi connectivity index (χ4v) is 5.22. The largest absolute Gasteiger partial charge is 0.417 e. The summed E-state index contributed by atoms with van der Waals surface area (Å²) in [6.07, 6.45) is -2.72. The van der Waals surface area contributed by atoms with Crippen LogP contribution < -0.4 is 20.7 Å². The third kappa shape index (κ3) is 6.09. The van der Waals surface area contributed by atoms with Crippen molar-refractivity contribution in [3.8, 4) is 11.3 Å². The molecule has 2 saturated heterocycles. The average Bonchev–Trinajstić information content (AvgIpc) is 2.96. The van der Waals surface area contributed by atoms with Crippen LogP contribution in [0.2, 0.25) is 0 Å². The van der Waals surface area contributed by atoms with Gasteiger partial charge in [-0.25, -0.2) is 14.4 Å². The molecular weight excluding hydrogens is 558 g/mol. The third-order valence-electron chi connectivity index (χ3n) is 7.72. The molecule has 1 amide bonds. The monoisotopic (exact) mass is 589 g/mol. The first-order chi connectivity index (χ1) is 19.9. The molecule has 42 heavy (non-hydrogen) atoms. The number of carbonyl (C=O) groups excluding carboxylic acids is 1. The second-order valence-electron chi connectivity index (χ2n) is 10.5. The van der Waals surface area contributed by atoms with E-state index in [9.17, 15) is 22.8 Å². The summed E-state index contributed by atoms with van der Waals surface area (Å²) in [5, 5.41) is 2.56. The number of aromatic nitrogens is 3. The Balaban J connectivity index is 1.58. The first-order valence-electron chi connectivity index (χ1n) is 13.5. The number of amides is 1. The van der Waals surface area contributed by atoms with Gasteiger partial charge in [0, 0.05) is 62.3 Å². The number of likely N-dealkylation sites (N-methyl/N-ethyl adjacent to an activating group) is 1. The van der Waals surface area contributed by atoms with Crippen molar-refractivity contribution in [3.63, 3.8) is 0 Å². The number of halogens is 4. The lowest BCUT2D eigenvalue weighted by molar-refractivity contribution is -0.138. The van der Waals surface area contributed by atoms with Gasteiger partial charge in [0.15, 0.2) is 0 Å². The summed E-state index contributed by atoms with van der Waals surface area (Å²) < 4.78 is 62.4. The van der Waals surface area contributed by atoms with Gasteiger partial charge in [-0.05, 0) is 39.1 Å². The maximum absolute atomic E-state index is 15.8. The predicted octanol–water partition coefficient (Wildman–Crippen LogP) is 3.61. The summed E-state index contributed by atoms with van der Waals surface area (Å²) in [4.78, 5) is 41.9. The van der Waals surface area contributed by atoms with Crippen molar-refractivity contribution in [1.29, 1.82) is 0 Å². The lowest BCUT2D eigenvalue weighted by Crippen LogP contribution is -2.55. The number of nitrogens with zero attached hydrogens (tertiary/aromatic N) is 5. The van der Waals surface area contributed by atoms with Crippen LogP contribution in [0.3, 0.4) is 0 Å². The maximum Gasteiger partial charge on any atom is 0.417 e. The van der Waals surface area contributed by atoms with Crippen LogP contribution in [0.4, 0.5) is 34.9 Å². The van der Waals surface area contributed by atoms with E-state index in [4.69, 9.17) is 4.74 Å². The molecule has 2 N–H and O–H groups in total. The van der Waals surface area contributed by atoms with Crippen LogP contribution in [-0.4, -0.2) is 84.3 Å². The number of piperazine rings is 1. The van der Waals surface area contributed by atoms with Gasteiger partial charge in [0.2, 0.25) is 11.5 Å². The zero-order valence-electron chi connectivity index (χ0n) is 23.3. The molecule has 0 aliphatic carbocycles. The molecule has 0 saturated carbocycles. The van der Waals surface area contributed by atoms with Crippen LogP contribution in [0.25, 0.3) is 11.3 Å². The van der Waals surface area contributed by atoms with Crippen LogP contribution in [0.1, 0.15) is 29.8 Å². The molecule has 0 spiro atoms. The minimum absolute atomic E-state index is 0.0405. The van der Waals surface area contributed by atoms with Crippen LogP contribution in [0.5, 0.6) is 0 Å². The first kappa shape index (κ1) is 29.5. The van der Waals surface area contributed by atoms with E-state index in [2.05, 4.69) is 25.2 Å². The van der Waals surface area contributed by atoms with Crippen molar-refractivity contribution in [1.82, 2.24) is 19.9 Å². The number of morpholine rings is 1.